The quantitative estimate of drug-likeness (QED) is 0.358. The third-order valence-electron chi connectivity index (χ3n) is 8.02. The molecule has 0 unspecified atom stereocenters. The normalized spacial score (nSPS) is 20.4. The summed E-state index contributed by atoms with van der Waals surface area (Å²) in [5.41, 5.74) is 1.96. The Hall–Kier alpha value is -3.63. The van der Waals surface area contributed by atoms with E-state index in [4.69, 9.17) is 4.74 Å². The minimum Gasteiger partial charge on any atom is -0.486 e. The van der Waals surface area contributed by atoms with E-state index < -0.39 is 12.0 Å². The Morgan fingerprint density at radius 2 is 1.83 bits per heavy atom. The zero-order valence-electron chi connectivity index (χ0n) is 24.1. The van der Waals surface area contributed by atoms with E-state index in [2.05, 4.69) is 15.5 Å². The molecule has 3 atom stereocenters. The maximum Gasteiger partial charge on any atom is 0.335 e. The van der Waals surface area contributed by atoms with Crippen LogP contribution in [-0.4, -0.2) is 82.9 Å². The van der Waals surface area contributed by atoms with E-state index in [1.807, 2.05) is 20.9 Å². The number of ether oxygens (including phenoxy) is 1. The van der Waals surface area contributed by atoms with E-state index in [1.54, 1.807) is 47.4 Å². The molecule has 222 valence electrons. The first kappa shape index (κ1) is 30.3. The number of carbonyl (C=O) groups is 3. The number of rotatable bonds is 9. The van der Waals surface area contributed by atoms with Crippen molar-refractivity contribution in [3.05, 3.63) is 59.2 Å². The molecule has 4 N–H and O–H groups in total. The van der Waals surface area contributed by atoms with E-state index >= 15 is 0 Å². The second-order valence-electron chi connectivity index (χ2n) is 11.4. The second-order valence-corrected chi connectivity index (χ2v) is 11.4. The van der Waals surface area contributed by atoms with E-state index in [1.165, 1.54) is 6.42 Å². The van der Waals surface area contributed by atoms with Crippen molar-refractivity contribution in [1.82, 2.24) is 15.1 Å². The number of fused-ring (bicyclic) bond motifs is 1. The number of hydrogen-bond donors (Lipinski definition) is 4. The Balaban J connectivity index is 1.58. The van der Waals surface area contributed by atoms with Crippen LogP contribution in [0.2, 0.25) is 0 Å². The minimum absolute atomic E-state index is 0.0953. The highest BCUT2D eigenvalue weighted by Crippen LogP contribution is 2.35. The maximum atomic E-state index is 13.7. The highest BCUT2D eigenvalue weighted by molar-refractivity contribution is 6.01. The summed E-state index contributed by atoms with van der Waals surface area (Å²) in [7, 11) is 1.96. The fraction of sp³-hybridized carbons (Fsp3) is 0.516. The topological polar surface area (TPSA) is 131 Å². The van der Waals surface area contributed by atoms with Crippen LogP contribution < -0.4 is 15.4 Å². The summed E-state index contributed by atoms with van der Waals surface area (Å²) in [4.78, 5) is 41.6. The van der Waals surface area contributed by atoms with Crippen molar-refractivity contribution in [3.8, 4) is 5.75 Å². The fourth-order valence-corrected chi connectivity index (χ4v) is 5.59. The number of carbonyl (C=O) groups excluding carboxylic acids is 2. The van der Waals surface area contributed by atoms with Crippen LogP contribution >= 0.6 is 0 Å². The number of likely N-dealkylation sites (N-methyl/N-ethyl adjacent to an activating group) is 1. The molecule has 2 aliphatic rings. The standard InChI is InChI=1S/C31H42N4O6/c1-20-16-35(21(2)19-36)29(37)25-10-7-11-26(33-31(40)32-24-8-5-4-6-9-24)28(25)41-27(20)18-34(3)17-22-12-14-23(15-13-22)30(38)39/h7,10-15,20-21,24,27,36H,4-6,8-9,16-19H2,1-3H3,(H,38,39)(H2,32,33,40)/t20-,21+,27+/m1/s1. The number of para-hydroxylation sites is 1. The van der Waals surface area contributed by atoms with Crippen molar-refractivity contribution in [2.24, 2.45) is 5.92 Å². The first-order valence-electron chi connectivity index (χ1n) is 14.5. The van der Waals surface area contributed by atoms with Gasteiger partial charge in [-0.05, 0) is 56.6 Å². The van der Waals surface area contributed by atoms with Gasteiger partial charge in [-0.3, -0.25) is 9.69 Å². The lowest BCUT2D eigenvalue weighted by molar-refractivity contribution is 0.0343. The van der Waals surface area contributed by atoms with E-state index in [0.717, 1.165) is 31.2 Å². The average Bonchev–Trinajstić information content (AvgIpc) is 2.95. The molecule has 3 amide bonds. The molecular formula is C31H42N4O6. The van der Waals surface area contributed by atoms with Gasteiger partial charge in [-0.15, -0.1) is 0 Å². The molecule has 0 aromatic heterocycles. The zero-order chi connectivity index (χ0) is 29.5. The Morgan fingerprint density at radius 3 is 2.49 bits per heavy atom. The number of hydrogen-bond acceptors (Lipinski definition) is 6. The van der Waals surface area contributed by atoms with Gasteiger partial charge in [0.25, 0.3) is 5.91 Å². The SMILES string of the molecule is C[C@@H]1CN([C@@H](C)CO)C(=O)c2cccc(NC(=O)NC3CCCCC3)c2O[C@H]1CN(C)Cc1ccc(C(=O)O)cc1. The summed E-state index contributed by atoms with van der Waals surface area (Å²) in [5.74, 6) is -0.993. The minimum atomic E-state index is -0.964. The van der Waals surface area contributed by atoms with Gasteiger partial charge in [0.1, 0.15) is 6.10 Å². The van der Waals surface area contributed by atoms with Crippen LogP contribution in [0, 0.1) is 5.92 Å². The van der Waals surface area contributed by atoms with Crippen molar-refractivity contribution < 1.29 is 29.3 Å². The maximum absolute atomic E-state index is 13.7. The van der Waals surface area contributed by atoms with Crippen LogP contribution in [0.25, 0.3) is 0 Å². The van der Waals surface area contributed by atoms with Crippen LogP contribution in [0.1, 0.15) is 72.2 Å². The molecule has 1 aliphatic carbocycles. The number of nitrogens with one attached hydrogen (secondary N) is 2. The summed E-state index contributed by atoms with van der Waals surface area (Å²) < 4.78 is 6.59. The second kappa shape index (κ2) is 13.8. The number of aromatic carboxylic acids is 1. The van der Waals surface area contributed by atoms with Gasteiger partial charge in [0.05, 0.1) is 29.5 Å². The van der Waals surface area contributed by atoms with Gasteiger partial charge in [0.2, 0.25) is 0 Å². The van der Waals surface area contributed by atoms with E-state index in [0.29, 0.717) is 36.6 Å². The Kier molecular flexibility index (Phi) is 10.2. The van der Waals surface area contributed by atoms with Crippen LogP contribution in [0.15, 0.2) is 42.5 Å². The number of benzene rings is 2. The summed E-state index contributed by atoms with van der Waals surface area (Å²) >= 11 is 0. The summed E-state index contributed by atoms with van der Waals surface area (Å²) in [6, 6.07) is 11.3. The predicted molar refractivity (Wildman–Crippen MR) is 156 cm³/mol. The lowest BCUT2D eigenvalue weighted by Gasteiger charge is -2.38. The molecule has 2 aromatic rings. The van der Waals surface area contributed by atoms with Crippen LogP contribution in [0.4, 0.5) is 10.5 Å². The van der Waals surface area contributed by atoms with Crippen molar-refractivity contribution in [3.63, 3.8) is 0 Å². The number of carboxylic acids is 1. The molecule has 0 radical (unpaired) electrons. The molecular weight excluding hydrogens is 524 g/mol. The third kappa shape index (κ3) is 7.77. The number of urea groups is 1. The monoisotopic (exact) mass is 566 g/mol. The molecule has 4 rings (SSSR count). The van der Waals surface area contributed by atoms with Crippen LogP contribution in [-0.2, 0) is 6.54 Å². The summed E-state index contributed by atoms with van der Waals surface area (Å²) in [6.45, 7) is 5.13. The van der Waals surface area contributed by atoms with Gasteiger partial charge in [-0.1, -0.05) is 44.4 Å². The van der Waals surface area contributed by atoms with Crippen molar-refractivity contribution in [1.29, 1.82) is 0 Å². The molecule has 41 heavy (non-hydrogen) atoms. The first-order chi connectivity index (χ1) is 19.7. The van der Waals surface area contributed by atoms with Gasteiger partial charge < -0.3 is 30.5 Å². The highest BCUT2D eigenvalue weighted by Gasteiger charge is 2.34. The number of aliphatic hydroxyl groups excluding tert-OH is 1. The van der Waals surface area contributed by atoms with Crippen molar-refractivity contribution in [2.75, 3.05) is 32.1 Å². The van der Waals surface area contributed by atoms with Crippen LogP contribution in [0.3, 0.4) is 0 Å². The Morgan fingerprint density at radius 1 is 1.12 bits per heavy atom. The van der Waals surface area contributed by atoms with Gasteiger partial charge in [-0.25, -0.2) is 9.59 Å². The molecule has 0 spiro atoms. The fourth-order valence-electron chi connectivity index (χ4n) is 5.59. The van der Waals surface area contributed by atoms with E-state index in [9.17, 15) is 24.6 Å². The number of anilines is 1. The van der Waals surface area contributed by atoms with E-state index in [-0.39, 0.29) is 42.2 Å². The van der Waals surface area contributed by atoms with Crippen molar-refractivity contribution in [2.45, 2.75) is 70.7 Å². The van der Waals surface area contributed by atoms with Gasteiger partial charge in [0, 0.05) is 31.6 Å². The molecule has 10 nitrogen and oxygen atoms in total. The van der Waals surface area contributed by atoms with Crippen molar-refractivity contribution >= 4 is 23.6 Å². The van der Waals surface area contributed by atoms with Gasteiger partial charge in [-0.2, -0.15) is 0 Å². The van der Waals surface area contributed by atoms with Gasteiger partial charge in [0.15, 0.2) is 5.75 Å². The zero-order valence-corrected chi connectivity index (χ0v) is 24.1. The number of nitrogens with zero attached hydrogens (tertiary/aromatic N) is 2. The lowest BCUT2D eigenvalue weighted by atomic mass is 9.96. The number of amides is 3. The Bertz CT molecular complexity index is 1210. The lowest BCUT2D eigenvalue weighted by Crippen LogP contribution is -2.50. The molecule has 1 fully saturated rings. The summed E-state index contributed by atoms with van der Waals surface area (Å²) in [5, 5.41) is 25.1. The number of carboxylic acid groups (broad SMARTS) is 1. The largest absolute Gasteiger partial charge is 0.486 e. The molecule has 2 aromatic carbocycles. The molecule has 0 bridgehead atoms. The smallest absolute Gasteiger partial charge is 0.335 e. The van der Waals surface area contributed by atoms with Crippen LogP contribution in [0.5, 0.6) is 5.75 Å². The Labute approximate surface area is 241 Å². The molecule has 1 aliphatic heterocycles. The highest BCUT2D eigenvalue weighted by atomic mass is 16.5. The van der Waals surface area contributed by atoms with Gasteiger partial charge >= 0.3 is 12.0 Å². The molecule has 0 saturated heterocycles. The molecule has 1 saturated carbocycles. The third-order valence-corrected chi connectivity index (χ3v) is 8.02. The molecule has 1 heterocycles. The first-order valence-corrected chi connectivity index (χ1v) is 14.5. The number of aliphatic hydroxyl groups is 1. The summed E-state index contributed by atoms with van der Waals surface area (Å²) in [6.07, 6.45) is 4.94. The predicted octanol–water partition coefficient (Wildman–Crippen LogP) is 4.19. The average molecular weight is 567 g/mol. The molecule has 10 heteroatoms.